The monoisotopic (exact) mass is 349 g/mol. The molecule has 1 atom stereocenters. The lowest BCUT2D eigenvalue weighted by Gasteiger charge is -2.14. The molecule has 0 aliphatic heterocycles. The van der Waals surface area contributed by atoms with E-state index in [0.29, 0.717) is 12.1 Å². The SMILES string of the molecule is CCC(C(=O)Nc1cnn(CCS(=O)(=O)CC)c1)c1ccccc1. The highest BCUT2D eigenvalue weighted by atomic mass is 32.2. The van der Waals surface area contributed by atoms with Crippen molar-refractivity contribution in [2.45, 2.75) is 32.7 Å². The van der Waals surface area contributed by atoms with E-state index in [0.717, 1.165) is 5.56 Å². The number of rotatable bonds is 8. The predicted molar refractivity (Wildman–Crippen MR) is 94.7 cm³/mol. The van der Waals surface area contributed by atoms with Crippen molar-refractivity contribution in [2.24, 2.45) is 0 Å². The molecule has 0 bridgehead atoms. The van der Waals surface area contributed by atoms with Crippen LogP contribution in [0.1, 0.15) is 31.7 Å². The fraction of sp³-hybridized carbons (Fsp3) is 0.412. The average Bonchev–Trinajstić information content (AvgIpc) is 3.02. The number of nitrogens with zero attached hydrogens (tertiary/aromatic N) is 2. The number of amides is 1. The fourth-order valence-corrected chi connectivity index (χ4v) is 3.17. The van der Waals surface area contributed by atoms with Gasteiger partial charge in [-0.3, -0.25) is 9.48 Å². The third kappa shape index (κ3) is 4.92. The Labute approximate surface area is 142 Å². The van der Waals surface area contributed by atoms with Crippen LogP contribution in [0, 0.1) is 0 Å². The van der Waals surface area contributed by atoms with Gasteiger partial charge >= 0.3 is 0 Å². The van der Waals surface area contributed by atoms with Crippen molar-refractivity contribution in [2.75, 3.05) is 16.8 Å². The molecule has 7 heteroatoms. The third-order valence-corrected chi connectivity index (χ3v) is 5.58. The number of aromatic nitrogens is 2. The molecule has 1 unspecified atom stereocenters. The van der Waals surface area contributed by atoms with E-state index < -0.39 is 9.84 Å². The molecule has 0 saturated carbocycles. The van der Waals surface area contributed by atoms with Crippen LogP contribution in [0.3, 0.4) is 0 Å². The molecule has 1 N–H and O–H groups in total. The molecule has 1 aromatic carbocycles. The van der Waals surface area contributed by atoms with Crippen LogP contribution in [0.15, 0.2) is 42.7 Å². The molecule has 0 aliphatic rings. The van der Waals surface area contributed by atoms with Gasteiger partial charge in [-0.05, 0) is 12.0 Å². The number of anilines is 1. The normalized spacial score (nSPS) is 12.8. The van der Waals surface area contributed by atoms with Gasteiger partial charge < -0.3 is 5.32 Å². The summed E-state index contributed by atoms with van der Waals surface area (Å²) in [6, 6.07) is 9.62. The third-order valence-electron chi connectivity index (χ3n) is 3.90. The zero-order valence-electron chi connectivity index (χ0n) is 14.0. The van der Waals surface area contributed by atoms with Gasteiger partial charge in [0, 0.05) is 11.9 Å². The molecule has 2 rings (SSSR count). The minimum Gasteiger partial charge on any atom is -0.323 e. The van der Waals surface area contributed by atoms with Crippen LogP contribution in [0.4, 0.5) is 5.69 Å². The van der Waals surface area contributed by atoms with Gasteiger partial charge in [-0.2, -0.15) is 5.10 Å². The van der Waals surface area contributed by atoms with Gasteiger partial charge in [0.15, 0.2) is 9.84 Å². The summed E-state index contributed by atoms with van der Waals surface area (Å²) in [5, 5.41) is 6.95. The van der Waals surface area contributed by atoms with E-state index in [1.54, 1.807) is 13.1 Å². The van der Waals surface area contributed by atoms with Gasteiger partial charge in [-0.1, -0.05) is 44.2 Å². The first-order chi connectivity index (χ1) is 11.4. The standard InChI is InChI=1S/C17H23N3O3S/c1-3-16(14-8-6-5-7-9-14)17(21)19-15-12-18-20(13-15)10-11-24(22,23)4-2/h5-9,12-13,16H,3-4,10-11H2,1-2H3,(H,19,21). The maximum atomic E-state index is 12.5. The minimum atomic E-state index is -3.03. The molecule has 24 heavy (non-hydrogen) atoms. The van der Waals surface area contributed by atoms with Gasteiger partial charge in [0.25, 0.3) is 0 Å². The van der Waals surface area contributed by atoms with Crippen molar-refractivity contribution in [3.63, 3.8) is 0 Å². The quantitative estimate of drug-likeness (QED) is 0.794. The molecule has 1 heterocycles. The molecule has 2 aromatic rings. The fourth-order valence-electron chi connectivity index (χ4n) is 2.41. The van der Waals surface area contributed by atoms with Crippen LogP contribution < -0.4 is 5.32 Å². The Morgan fingerprint density at radius 2 is 1.96 bits per heavy atom. The molecule has 6 nitrogen and oxygen atoms in total. The van der Waals surface area contributed by atoms with E-state index in [-0.39, 0.29) is 29.9 Å². The van der Waals surface area contributed by atoms with E-state index in [4.69, 9.17) is 0 Å². The summed E-state index contributed by atoms with van der Waals surface area (Å²) < 4.78 is 24.6. The van der Waals surface area contributed by atoms with Gasteiger partial charge in [0.2, 0.25) is 5.91 Å². The second kappa shape index (κ2) is 8.10. The van der Waals surface area contributed by atoms with Crippen molar-refractivity contribution in [1.82, 2.24) is 9.78 Å². The summed E-state index contributed by atoms with van der Waals surface area (Å²) >= 11 is 0. The Morgan fingerprint density at radius 1 is 1.25 bits per heavy atom. The average molecular weight is 349 g/mol. The van der Waals surface area contributed by atoms with Crippen molar-refractivity contribution in [3.8, 4) is 0 Å². The Bertz CT molecular complexity index is 769. The van der Waals surface area contributed by atoms with Crippen LogP contribution in [-0.2, 0) is 21.2 Å². The number of aryl methyl sites for hydroxylation is 1. The molecule has 0 fully saturated rings. The molecule has 1 amide bonds. The lowest BCUT2D eigenvalue weighted by molar-refractivity contribution is -0.117. The summed E-state index contributed by atoms with van der Waals surface area (Å²) in [7, 11) is -3.03. The Hall–Kier alpha value is -2.15. The summed E-state index contributed by atoms with van der Waals surface area (Å²) in [4.78, 5) is 12.5. The largest absolute Gasteiger partial charge is 0.323 e. The number of benzene rings is 1. The molecule has 0 spiro atoms. The van der Waals surface area contributed by atoms with Crippen LogP contribution >= 0.6 is 0 Å². The Kier molecular flexibility index (Phi) is 6.14. The van der Waals surface area contributed by atoms with Crippen LogP contribution in [0.25, 0.3) is 0 Å². The van der Waals surface area contributed by atoms with Crippen molar-refractivity contribution >= 4 is 21.4 Å². The smallest absolute Gasteiger partial charge is 0.231 e. The maximum absolute atomic E-state index is 12.5. The molecule has 0 saturated heterocycles. The molecule has 130 valence electrons. The molecule has 0 aliphatic carbocycles. The lowest BCUT2D eigenvalue weighted by atomic mass is 9.96. The Balaban J connectivity index is 1.99. The molecular formula is C17H23N3O3S. The van der Waals surface area contributed by atoms with E-state index >= 15 is 0 Å². The number of hydrogen-bond donors (Lipinski definition) is 1. The first-order valence-electron chi connectivity index (χ1n) is 8.04. The van der Waals surface area contributed by atoms with E-state index in [9.17, 15) is 13.2 Å². The highest BCUT2D eigenvalue weighted by molar-refractivity contribution is 7.91. The highest BCUT2D eigenvalue weighted by Crippen LogP contribution is 2.21. The van der Waals surface area contributed by atoms with Gasteiger partial charge in [0.05, 0.1) is 30.1 Å². The summed E-state index contributed by atoms with van der Waals surface area (Å²) in [5.74, 6) is -0.160. The molecule has 1 aromatic heterocycles. The number of carbonyl (C=O) groups excluding carboxylic acids is 1. The van der Waals surface area contributed by atoms with Gasteiger partial charge in [0.1, 0.15) is 0 Å². The van der Waals surface area contributed by atoms with Crippen LogP contribution in [-0.4, -0.2) is 35.6 Å². The van der Waals surface area contributed by atoms with Crippen molar-refractivity contribution in [1.29, 1.82) is 0 Å². The first-order valence-corrected chi connectivity index (χ1v) is 9.86. The van der Waals surface area contributed by atoms with Crippen molar-refractivity contribution in [3.05, 3.63) is 48.3 Å². The second-order valence-corrected chi connectivity index (χ2v) is 8.06. The van der Waals surface area contributed by atoms with Gasteiger partial charge in [-0.15, -0.1) is 0 Å². The predicted octanol–water partition coefficient (Wildman–Crippen LogP) is 2.45. The van der Waals surface area contributed by atoms with Gasteiger partial charge in [-0.25, -0.2) is 8.42 Å². The molecule has 0 radical (unpaired) electrons. The topological polar surface area (TPSA) is 81.1 Å². The van der Waals surface area contributed by atoms with Crippen LogP contribution in [0.5, 0.6) is 0 Å². The van der Waals surface area contributed by atoms with E-state index in [1.807, 2.05) is 37.3 Å². The minimum absolute atomic E-state index is 0.0418. The Morgan fingerprint density at radius 3 is 2.58 bits per heavy atom. The van der Waals surface area contributed by atoms with Crippen LogP contribution in [0.2, 0.25) is 0 Å². The summed E-state index contributed by atoms with van der Waals surface area (Å²) in [6.45, 7) is 3.87. The number of sulfone groups is 1. The second-order valence-electron chi connectivity index (χ2n) is 5.59. The number of nitrogens with one attached hydrogen (secondary N) is 1. The zero-order valence-corrected chi connectivity index (χ0v) is 14.8. The first kappa shape index (κ1) is 18.2. The van der Waals surface area contributed by atoms with Crippen molar-refractivity contribution < 1.29 is 13.2 Å². The lowest BCUT2D eigenvalue weighted by Crippen LogP contribution is -2.20. The molecular weight excluding hydrogens is 326 g/mol. The highest BCUT2D eigenvalue weighted by Gasteiger charge is 2.19. The zero-order chi connectivity index (χ0) is 17.6. The van der Waals surface area contributed by atoms with E-state index in [1.165, 1.54) is 10.9 Å². The number of hydrogen-bond acceptors (Lipinski definition) is 4. The van der Waals surface area contributed by atoms with E-state index in [2.05, 4.69) is 10.4 Å². The maximum Gasteiger partial charge on any atom is 0.231 e. The summed E-state index contributed by atoms with van der Waals surface area (Å²) in [5.41, 5.74) is 1.54. The number of carbonyl (C=O) groups is 1. The summed E-state index contributed by atoms with van der Waals surface area (Å²) in [6.07, 6.45) is 3.88.